The Morgan fingerprint density at radius 2 is 1.77 bits per heavy atom. The van der Waals surface area contributed by atoms with E-state index >= 15 is 0 Å². The smallest absolute Gasteiger partial charge is 0.243 e. The number of thioether (sulfide) groups is 1. The number of benzene rings is 2. The fraction of sp³-hybridized carbons (Fsp3) is 0.261. The summed E-state index contributed by atoms with van der Waals surface area (Å²) in [6.07, 6.45) is 0.745. The van der Waals surface area contributed by atoms with Crippen LogP contribution in [0.5, 0.6) is 0 Å². The summed E-state index contributed by atoms with van der Waals surface area (Å²) in [6, 6.07) is 15.9. The van der Waals surface area contributed by atoms with Crippen molar-refractivity contribution < 1.29 is 9.59 Å². The second kappa shape index (κ2) is 10.1. The molecule has 0 aliphatic carbocycles. The lowest BCUT2D eigenvalue weighted by molar-refractivity contribution is -0.122. The molecule has 2 aromatic carbocycles. The molecule has 1 aromatic heterocycles. The molecule has 3 rings (SSSR count). The van der Waals surface area contributed by atoms with Crippen LogP contribution in [0, 0.1) is 20.8 Å². The van der Waals surface area contributed by atoms with Crippen molar-refractivity contribution in [2.45, 2.75) is 32.3 Å². The molecule has 0 saturated heterocycles. The molecule has 7 heteroatoms. The number of H-pyrrole nitrogens is 1. The number of aryl methyl sites for hydroxylation is 2. The monoisotopic (exact) mass is 422 g/mol. The van der Waals surface area contributed by atoms with E-state index in [4.69, 9.17) is 0 Å². The van der Waals surface area contributed by atoms with Crippen molar-refractivity contribution in [1.29, 1.82) is 0 Å². The molecule has 156 valence electrons. The minimum absolute atomic E-state index is 0.0663. The van der Waals surface area contributed by atoms with Gasteiger partial charge < -0.3 is 15.6 Å². The lowest BCUT2D eigenvalue weighted by Gasteiger charge is -2.10. The summed E-state index contributed by atoms with van der Waals surface area (Å²) >= 11 is 1.32. The summed E-state index contributed by atoms with van der Waals surface area (Å²) in [5.74, 6) is -0.273. The summed E-state index contributed by atoms with van der Waals surface area (Å²) in [5.41, 5.74) is 6.05. The second-order valence-electron chi connectivity index (χ2n) is 7.14. The SMILES string of the molecule is Cc1cccc(NC(=O)CNC(=O)CSc2nc(Cc3ccccc3)c(C)[nH]2)c1C. The molecule has 0 aliphatic rings. The summed E-state index contributed by atoms with van der Waals surface area (Å²) in [7, 11) is 0. The average Bonchev–Trinajstić information content (AvgIpc) is 3.08. The topological polar surface area (TPSA) is 86.9 Å². The van der Waals surface area contributed by atoms with Crippen molar-refractivity contribution >= 4 is 29.3 Å². The molecule has 0 atom stereocenters. The van der Waals surface area contributed by atoms with Gasteiger partial charge in [-0.25, -0.2) is 4.98 Å². The number of nitrogens with one attached hydrogen (secondary N) is 3. The molecule has 3 aromatic rings. The van der Waals surface area contributed by atoms with E-state index in [-0.39, 0.29) is 24.1 Å². The van der Waals surface area contributed by atoms with E-state index in [1.54, 1.807) is 0 Å². The minimum Gasteiger partial charge on any atom is -0.346 e. The van der Waals surface area contributed by atoms with Gasteiger partial charge in [0, 0.05) is 17.8 Å². The van der Waals surface area contributed by atoms with Gasteiger partial charge in [-0.1, -0.05) is 54.2 Å². The van der Waals surface area contributed by atoms with Crippen molar-refractivity contribution in [2.75, 3.05) is 17.6 Å². The summed E-state index contributed by atoms with van der Waals surface area (Å²) < 4.78 is 0. The van der Waals surface area contributed by atoms with E-state index in [1.807, 2.05) is 57.2 Å². The Morgan fingerprint density at radius 1 is 1.00 bits per heavy atom. The zero-order chi connectivity index (χ0) is 21.5. The number of amides is 2. The van der Waals surface area contributed by atoms with Crippen molar-refractivity contribution in [1.82, 2.24) is 15.3 Å². The molecule has 0 unspecified atom stereocenters. The third-order valence-electron chi connectivity index (χ3n) is 4.84. The van der Waals surface area contributed by atoms with E-state index < -0.39 is 0 Å². The van der Waals surface area contributed by atoms with Gasteiger partial charge in [0.1, 0.15) is 0 Å². The highest BCUT2D eigenvalue weighted by Gasteiger charge is 2.12. The van der Waals surface area contributed by atoms with Gasteiger partial charge in [-0.15, -0.1) is 0 Å². The molecule has 3 N–H and O–H groups in total. The van der Waals surface area contributed by atoms with Gasteiger partial charge in [-0.3, -0.25) is 9.59 Å². The average molecular weight is 423 g/mol. The van der Waals surface area contributed by atoms with Crippen LogP contribution in [0.4, 0.5) is 5.69 Å². The lowest BCUT2D eigenvalue weighted by Crippen LogP contribution is -2.34. The molecule has 6 nitrogen and oxygen atoms in total. The van der Waals surface area contributed by atoms with Gasteiger partial charge >= 0.3 is 0 Å². The highest BCUT2D eigenvalue weighted by Crippen LogP contribution is 2.19. The van der Waals surface area contributed by atoms with E-state index in [9.17, 15) is 9.59 Å². The maximum atomic E-state index is 12.1. The van der Waals surface area contributed by atoms with Crippen molar-refractivity contribution in [3.8, 4) is 0 Å². The fourth-order valence-electron chi connectivity index (χ4n) is 2.94. The number of anilines is 1. The van der Waals surface area contributed by atoms with Gasteiger partial charge in [0.25, 0.3) is 0 Å². The predicted molar refractivity (Wildman–Crippen MR) is 121 cm³/mol. The van der Waals surface area contributed by atoms with Gasteiger partial charge in [0.05, 0.1) is 18.0 Å². The van der Waals surface area contributed by atoms with Crippen LogP contribution < -0.4 is 10.6 Å². The largest absolute Gasteiger partial charge is 0.346 e. The van der Waals surface area contributed by atoms with E-state index in [1.165, 1.54) is 17.3 Å². The molecule has 30 heavy (non-hydrogen) atoms. The Labute approximate surface area is 180 Å². The Bertz CT molecular complexity index is 1030. The zero-order valence-electron chi connectivity index (χ0n) is 17.4. The van der Waals surface area contributed by atoms with Crippen LogP contribution in [0.15, 0.2) is 53.7 Å². The lowest BCUT2D eigenvalue weighted by atomic mass is 10.1. The standard InChI is InChI=1S/C23H26N4O2S/c1-15-8-7-11-19(16(15)2)26-21(28)13-24-22(29)14-30-23-25-17(3)20(27-23)12-18-9-5-4-6-10-18/h4-11H,12-14H2,1-3H3,(H,24,29)(H,25,27)(H,26,28). The quantitative estimate of drug-likeness (QED) is 0.482. The van der Waals surface area contributed by atoms with Crippen LogP contribution in [0.2, 0.25) is 0 Å². The van der Waals surface area contributed by atoms with Crippen LogP contribution in [0.25, 0.3) is 0 Å². The third-order valence-corrected chi connectivity index (χ3v) is 5.72. The van der Waals surface area contributed by atoms with E-state index in [2.05, 4.69) is 32.7 Å². The first-order chi connectivity index (χ1) is 14.4. The molecule has 0 saturated carbocycles. The summed E-state index contributed by atoms with van der Waals surface area (Å²) in [6.45, 7) is 5.86. The van der Waals surface area contributed by atoms with Gasteiger partial charge in [-0.05, 0) is 43.5 Å². The number of rotatable bonds is 8. The molecule has 1 heterocycles. The maximum absolute atomic E-state index is 12.1. The van der Waals surface area contributed by atoms with E-state index in [0.717, 1.165) is 34.6 Å². The van der Waals surface area contributed by atoms with Gasteiger partial charge in [0.15, 0.2) is 5.16 Å². The van der Waals surface area contributed by atoms with Gasteiger partial charge in [0.2, 0.25) is 11.8 Å². The van der Waals surface area contributed by atoms with Crippen LogP contribution in [0.3, 0.4) is 0 Å². The first kappa shape index (κ1) is 21.6. The second-order valence-corrected chi connectivity index (χ2v) is 8.10. The van der Waals surface area contributed by atoms with Crippen LogP contribution in [-0.2, 0) is 16.0 Å². The highest BCUT2D eigenvalue weighted by molar-refractivity contribution is 7.99. The molecule has 0 aliphatic heterocycles. The maximum Gasteiger partial charge on any atom is 0.243 e. The van der Waals surface area contributed by atoms with Crippen molar-refractivity contribution in [3.05, 3.63) is 76.6 Å². The summed E-state index contributed by atoms with van der Waals surface area (Å²) in [4.78, 5) is 32.1. The van der Waals surface area contributed by atoms with Crippen molar-refractivity contribution in [2.24, 2.45) is 0 Å². The normalized spacial score (nSPS) is 10.6. The third kappa shape index (κ3) is 5.97. The molecular formula is C23H26N4O2S. The first-order valence-electron chi connectivity index (χ1n) is 9.77. The Balaban J connectivity index is 1.45. The molecule has 0 radical (unpaired) electrons. The van der Waals surface area contributed by atoms with Gasteiger partial charge in [-0.2, -0.15) is 0 Å². The number of nitrogens with zero attached hydrogens (tertiary/aromatic N) is 1. The Morgan fingerprint density at radius 3 is 2.53 bits per heavy atom. The van der Waals surface area contributed by atoms with Crippen molar-refractivity contribution in [3.63, 3.8) is 0 Å². The Hall–Kier alpha value is -3.06. The molecular weight excluding hydrogens is 396 g/mol. The number of carbonyl (C=O) groups is 2. The highest BCUT2D eigenvalue weighted by atomic mass is 32.2. The number of carbonyl (C=O) groups excluding carboxylic acids is 2. The molecule has 0 bridgehead atoms. The first-order valence-corrected chi connectivity index (χ1v) is 10.8. The number of imidazole rings is 1. The number of aromatic amines is 1. The summed E-state index contributed by atoms with van der Waals surface area (Å²) in [5, 5.41) is 6.19. The minimum atomic E-state index is -0.249. The van der Waals surface area contributed by atoms with Crippen LogP contribution >= 0.6 is 11.8 Å². The number of hydrogen-bond acceptors (Lipinski definition) is 4. The number of aromatic nitrogens is 2. The molecule has 0 fully saturated rings. The Kier molecular flexibility index (Phi) is 7.30. The van der Waals surface area contributed by atoms with Crippen LogP contribution in [0.1, 0.15) is 28.1 Å². The van der Waals surface area contributed by atoms with Crippen LogP contribution in [-0.4, -0.2) is 34.1 Å². The molecule has 2 amide bonds. The number of hydrogen-bond donors (Lipinski definition) is 3. The predicted octanol–water partition coefficient (Wildman–Crippen LogP) is 3.77. The fourth-order valence-corrected chi connectivity index (χ4v) is 3.71. The van der Waals surface area contributed by atoms with E-state index in [0.29, 0.717) is 5.16 Å². The molecule has 0 spiro atoms. The zero-order valence-corrected chi connectivity index (χ0v) is 18.2.